The van der Waals surface area contributed by atoms with Crippen LogP contribution in [0.4, 0.5) is 10.6 Å². The van der Waals surface area contributed by atoms with E-state index >= 15 is 0 Å². The van der Waals surface area contributed by atoms with Crippen LogP contribution in [0.2, 0.25) is 0 Å². The molecule has 2 saturated heterocycles. The normalized spacial score (nSPS) is 25.2. The quantitative estimate of drug-likeness (QED) is 0.798. The van der Waals surface area contributed by atoms with Crippen molar-refractivity contribution in [2.24, 2.45) is 7.05 Å². The molecule has 3 rings (SSSR count). The van der Waals surface area contributed by atoms with Crippen LogP contribution in [-0.2, 0) is 11.8 Å². The number of piperidine rings is 1. The summed E-state index contributed by atoms with van der Waals surface area (Å²) in [6.45, 7) is 4.56. The lowest BCUT2D eigenvalue weighted by Gasteiger charge is -2.37. The maximum atomic E-state index is 12.5. The highest BCUT2D eigenvalue weighted by atomic mass is 16.2. The molecule has 0 aromatic carbocycles. The third kappa shape index (κ3) is 3.25. The highest BCUT2D eigenvalue weighted by molar-refractivity contribution is 5.88. The number of amides is 3. The van der Waals surface area contributed by atoms with Gasteiger partial charge in [0.15, 0.2) is 0 Å². The summed E-state index contributed by atoms with van der Waals surface area (Å²) in [5.41, 5.74) is 0. The Balaban J connectivity index is 1.60. The molecule has 3 amide bonds. The van der Waals surface area contributed by atoms with Crippen molar-refractivity contribution in [3.63, 3.8) is 0 Å². The van der Waals surface area contributed by atoms with Gasteiger partial charge in [-0.05, 0) is 19.8 Å². The smallest absolute Gasteiger partial charge is 0.318 e. The standard InChI is InChI=1S/C15H24N6O2/c1-11-14(22)16-7-9-21(11)15(23)18-12-4-3-8-20(10-12)13-5-6-17-19(13)2/h5-6,11-12H,3-4,7-10H2,1-2H3,(H,16,22)(H,18,23)/t11-,12-/m0/s1. The number of urea groups is 1. The minimum Gasteiger partial charge on any atom is -0.355 e. The van der Waals surface area contributed by atoms with Gasteiger partial charge in [-0.25, -0.2) is 4.79 Å². The van der Waals surface area contributed by atoms with Gasteiger partial charge in [-0.15, -0.1) is 0 Å². The molecule has 0 saturated carbocycles. The Hall–Kier alpha value is -2.25. The van der Waals surface area contributed by atoms with Gasteiger partial charge in [0, 0.05) is 45.3 Å². The summed E-state index contributed by atoms with van der Waals surface area (Å²) in [4.78, 5) is 28.0. The van der Waals surface area contributed by atoms with Gasteiger partial charge < -0.3 is 20.4 Å². The zero-order chi connectivity index (χ0) is 16.4. The number of rotatable bonds is 2. The van der Waals surface area contributed by atoms with Crippen LogP contribution in [0, 0.1) is 0 Å². The molecule has 2 N–H and O–H groups in total. The number of aryl methyl sites for hydroxylation is 1. The molecule has 126 valence electrons. The molecule has 8 nitrogen and oxygen atoms in total. The van der Waals surface area contributed by atoms with Crippen molar-refractivity contribution in [2.75, 3.05) is 31.1 Å². The predicted molar refractivity (Wildman–Crippen MR) is 86.2 cm³/mol. The Morgan fingerprint density at radius 3 is 3.00 bits per heavy atom. The van der Waals surface area contributed by atoms with E-state index in [2.05, 4.69) is 20.6 Å². The van der Waals surface area contributed by atoms with Crippen molar-refractivity contribution in [3.05, 3.63) is 12.3 Å². The number of nitrogens with zero attached hydrogens (tertiary/aromatic N) is 4. The largest absolute Gasteiger partial charge is 0.355 e. The first-order valence-electron chi connectivity index (χ1n) is 8.14. The predicted octanol–water partition coefficient (Wildman–Crippen LogP) is -0.0812. The summed E-state index contributed by atoms with van der Waals surface area (Å²) in [5.74, 6) is 0.973. The van der Waals surface area contributed by atoms with Crippen LogP contribution < -0.4 is 15.5 Å². The molecule has 2 atom stereocenters. The fraction of sp³-hybridized carbons (Fsp3) is 0.667. The number of carbonyl (C=O) groups is 2. The Labute approximate surface area is 135 Å². The average Bonchev–Trinajstić information content (AvgIpc) is 2.96. The molecule has 2 aliphatic heterocycles. The first-order valence-corrected chi connectivity index (χ1v) is 8.14. The van der Waals surface area contributed by atoms with Crippen molar-refractivity contribution in [2.45, 2.75) is 31.8 Å². The fourth-order valence-electron chi connectivity index (χ4n) is 3.30. The number of anilines is 1. The maximum Gasteiger partial charge on any atom is 0.318 e. The van der Waals surface area contributed by atoms with E-state index in [-0.39, 0.29) is 18.0 Å². The number of hydrogen-bond donors (Lipinski definition) is 2. The number of piperazine rings is 1. The van der Waals surface area contributed by atoms with Gasteiger partial charge in [0.2, 0.25) is 5.91 Å². The SMILES string of the molecule is C[C@H]1C(=O)NCCN1C(=O)N[C@H]1CCCN(c2ccnn2C)C1. The zero-order valence-electron chi connectivity index (χ0n) is 13.7. The van der Waals surface area contributed by atoms with Crippen LogP contribution in [-0.4, -0.2) is 64.9 Å². The Morgan fingerprint density at radius 1 is 1.43 bits per heavy atom. The van der Waals surface area contributed by atoms with E-state index in [9.17, 15) is 9.59 Å². The Morgan fingerprint density at radius 2 is 2.26 bits per heavy atom. The highest BCUT2D eigenvalue weighted by Crippen LogP contribution is 2.19. The third-order valence-electron chi connectivity index (χ3n) is 4.63. The van der Waals surface area contributed by atoms with E-state index in [1.807, 2.05) is 17.8 Å². The minimum absolute atomic E-state index is 0.0864. The van der Waals surface area contributed by atoms with E-state index in [4.69, 9.17) is 0 Å². The molecule has 2 fully saturated rings. The van der Waals surface area contributed by atoms with Crippen LogP contribution in [0.1, 0.15) is 19.8 Å². The molecular weight excluding hydrogens is 296 g/mol. The molecule has 1 aromatic rings. The lowest BCUT2D eigenvalue weighted by molar-refractivity contribution is -0.126. The second-order valence-corrected chi connectivity index (χ2v) is 6.21. The third-order valence-corrected chi connectivity index (χ3v) is 4.63. The van der Waals surface area contributed by atoms with Crippen LogP contribution in [0.5, 0.6) is 0 Å². The maximum absolute atomic E-state index is 12.5. The highest BCUT2D eigenvalue weighted by Gasteiger charge is 2.31. The molecule has 0 radical (unpaired) electrons. The van der Waals surface area contributed by atoms with Crippen LogP contribution in [0.25, 0.3) is 0 Å². The molecule has 1 aromatic heterocycles. The van der Waals surface area contributed by atoms with E-state index < -0.39 is 6.04 Å². The van der Waals surface area contributed by atoms with Crippen molar-refractivity contribution in [3.8, 4) is 0 Å². The van der Waals surface area contributed by atoms with Crippen molar-refractivity contribution < 1.29 is 9.59 Å². The summed E-state index contributed by atoms with van der Waals surface area (Å²) in [6, 6.07) is 1.51. The van der Waals surface area contributed by atoms with Crippen molar-refractivity contribution >= 4 is 17.8 Å². The molecule has 0 aliphatic carbocycles. The van der Waals surface area contributed by atoms with E-state index in [1.54, 1.807) is 18.0 Å². The summed E-state index contributed by atoms with van der Waals surface area (Å²) >= 11 is 0. The minimum atomic E-state index is -0.416. The number of aromatic nitrogens is 2. The zero-order valence-corrected chi connectivity index (χ0v) is 13.7. The fourth-order valence-corrected chi connectivity index (χ4v) is 3.30. The van der Waals surface area contributed by atoms with Crippen LogP contribution in [0.15, 0.2) is 12.3 Å². The van der Waals surface area contributed by atoms with Gasteiger partial charge >= 0.3 is 6.03 Å². The molecular formula is C15H24N6O2. The number of nitrogens with one attached hydrogen (secondary N) is 2. The lowest BCUT2D eigenvalue weighted by atomic mass is 10.1. The molecule has 3 heterocycles. The van der Waals surface area contributed by atoms with Crippen LogP contribution >= 0.6 is 0 Å². The Kier molecular flexibility index (Phi) is 4.40. The van der Waals surface area contributed by atoms with E-state index in [0.717, 1.165) is 31.7 Å². The average molecular weight is 320 g/mol. The Bertz CT molecular complexity index is 586. The summed E-state index contributed by atoms with van der Waals surface area (Å²) in [6.07, 6.45) is 3.76. The van der Waals surface area contributed by atoms with Crippen molar-refractivity contribution in [1.29, 1.82) is 0 Å². The van der Waals surface area contributed by atoms with Crippen LogP contribution in [0.3, 0.4) is 0 Å². The van der Waals surface area contributed by atoms with E-state index in [1.165, 1.54) is 0 Å². The number of carbonyl (C=O) groups excluding carboxylic acids is 2. The second kappa shape index (κ2) is 6.47. The molecule has 8 heteroatoms. The van der Waals surface area contributed by atoms with Gasteiger partial charge in [-0.2, -0.15) is 5.10 Å². The second-order valence-electron chi connectivity index (χ2n) is 6.21. The van der Waals surface area contributed by atoms with Gasteiger partial charge in [0.25, 0.3) is 0 Å². The summed E-state index contributed by atoms with van der Waals surface area (Å²) < 4.78 is 1.85. The summed E-state index contributed by atoms with van der Waals surface area (Å²) in [7, 11) is 1.92. The van der Waals surface area contributed by atoms with E-state index in [0.29, 0.717) is 13.1 Å². The monoisotopic (exact) mass is 320 g/mol. The van der Waals surface area contributed by atoms with Gasteiger partial charge in [-0.1, -0.05) is 0 Å². The first-order chi connectivity index (χ1) is 11.1. The topological polar surface area (TPSA) is 82.5 Å². The van der Waals surface area contributed by atoms with Gasteiger partial charge in [0.1, 0.15) is 11.9 Å². The molecule has 23 heavy (non-hydrogen) atoms. The van der Waals surface area contributed by atoms with Gasteiger partial charge in [0.05, 0.1) is 6.20 Å². The lowest BCUT2D eigenvalue weighted by Crippen LogP contribution is -2.60. The molecule has 0 bridgehead atoms. The molecule has 0 unspecified atom stereocenters. The molecule has 0 spiro atoms. The summed E-state index contributed by atoms with van der Waals surface area (Å²) in [5, 5.41) is 10.1. The van der Waals surface area contributed by atoms with Gasteiger partial charge in [-0.3, -0.25) is 9.48 Å². The molecule has 2 aliphatic rings. The first kappa shape index (κ1) is 15.6. The number of hydrogen-bond acceptors (Lipinski definition) is 4. The van der Waals surface area contributed by atoms with Crippen molar-refractivity contribution in [1.82, 2.24) is 25.3 Å².